The van der Waals surface area contributed by atoms with Crippen LogP contribution in [0.4, 0.5) is 5.69 Å². The molecule has 1 aliphatic heterocycles. The van der Waals surface area contributed by atoms with E-state index in [1.165, 1.54) is 30.3 Å². The lowest BCUT2D eigenvalue weighted by Gasteiger charge is -2.23. The fourth-order valence-electron chi connectivity index (χ4n) is 3.27. The van der Waals surface area contributed by atoms with Gasteiger partial charge >= 0.3 is 5.97 Å². The minimum Gasteiger partial charge on any atom is -0.479 e. The summed E-state index contributed by atoms with van der Waals surface area (Å²) in [5.41, 5.74) is -1.83. The molecule has 0 aromatic heterocycles. The van der Waals surface area contributed by atoms with Gasteiger partial charge in [0.05, 0.1) is 10.6 Å². The van der Waals surface area contributed by atoms with Crippen molar-refractivity contribution >= 4 is 39.2 Å². The molecule has 1 heterocycles. The molecule has 3 aromatic rings. The van der Waals surface area contributed by atoms with Crippen LogP contribution < -0.4 is 14.8 Å². The fourth-order valence-corrected chi connectivity index (χ4v) is 5.95. The summed E-state index contributed by atoms with van der Waals surface area (Å²) >= 11 is 1.05. The van der Waals surface area contributed by atoms with Crippen LogP contribution in [0, 0.1) is 0 Å². The molecule has 0 aliphatic carbocycles. The number of amides is 1. The van der Waals surface area contributed by atoms with Crippen LogP contribution in [0.15, 0.2) is 82.6 Å². The van der Waals surface area contributed by atoms with Gasteiger partial charge in [-0.15, -0.1) is 11.8 Å². The molecule has 4 rings (SSSR count). The van der Waals surface area contributed by atoms with Gasteiger partial charge in [0.2, 0.25) is 6.79 Å². The largest absolute Gasteiger partial charge is 0.479 e. The van der Waals surface area contributed by atoms with Crippen LogP contribution in [-0.4, -0.2) is 54.4 Å². The summed E-state index contributed by atoms with van der Waals surface area (Å²) < 4.78 is 36.2. The quantitative estimate of drug-likeness (QED) is 0.367. The number of carboxylic acids is 1. The maximum absolute atomic E-state index is 12.9. The van der Waals surface area contributed by atoms with Crippen LogP contribution >= 0.6 is 11.8 Å². The number of nitrogens with one attached hydrogen (secondary N) is 1. The maximum atomic E-state index is 12.9. The Hall–Kier alpha value is -3.54. The molecular weight excluding hydrogens is 494 g/mol. The van der Waals surface area contributed by atoms with Gasteiger partial charge in [-0.05, 0) is 54.6 Å². The van der Waals surface area contributed by atoms with Crippen LogP contribution in [-0.2, 0) is 14.6 Å². The number of fused-ring (bicyclic) bond motifs is 1. The van der Waals surface area contributed by atoms with Crippen molar-refractivity contribution in [2.75, 3.05) is 23.6 Å². The molecule has 1 atom stereocenters. The highest BCUT2D eigenvalue weighted by atomic mass is 32.2. The number of hydrogen-bond donors (Lipinski definition) is 3. The molecule has 0 saturated heterocycles. The molecule has 3 N–H and O–H groups in total. The Labute approximate surface area is 205 Å². The molecule has 35 heavy (non-hydrogen) atoms. The van der Waals surface area contributed by atoms with Gasteiger partial charge in [-0.3, -0.25) is 4.79 Å². The third-order valence-corrected chi connectivity index (χ3v) is 8.23. The number of anilines is 1. The smallest absolute Gasteiger partial charge is 0.337 e. The average molecular weight is 516 g/mol. The van der Waals surface area contributed by atoms with Crippen molar-refractivity contribution in [2.45, 2.75) is 15.4 Å². The highest BCUT2D eigenvalue weighted by Gasteiger charge is 2.41. The Morgan fingerprint density at radius 2 is 1.66 bits per heavy atom. The molecule has 3 aromatic carbocycles. The van der Waals surface area contributed by atoms with E-state index in [2.05, 4.69) is 5.32 Å². The van der Waals surface area contributed by atoms with E-state index in [-0.39, 0.29) is 17.4 Å². The van der Waals surface area contributed by atoms with E-state index in [0.29, 0.717) is 27.6 Å². The molecule has 0 radical (unpaired) electrons. The van der Waals surface area contributed by atoms with E-state index >= 15 is 0 Å². The normalized spacial score (nSPS) is 14.2. The van der Waals surface area contributed by atoms with Crippen molar-refractivity contribution < 1.29 is 37.7 Å². The Kier molecular flexibility index (Phi) is 7.01. The van der Waals surface area contributed by atoms with E-state index in [9.17, 15) is 28.2 Å². The van der Waals surface area contributed by atoms with Crippen molar-refractivity contribution in [3.8, 4) is 11.5 Å². The zero-order chi connectivity index (χ0) is 25.1. The molecule has 9 nitrogen and oxygen atoms in total. The molecule has 0 spiro atoms. The monoisotopic (exact) mass is 515 g/mol. The Morgan fingerprint density at radius 3 is 2.34 bits per heavy atom. The highest BCUT2D eigenvalue weighted by molar-refractivity contribution is 7.99. The zero-order valence-corrected chi connectivity index (χ0v) is 19.8. The van der Waals surface area contributed by atoms with Crippen molar-refractivity contribution in [1.82, 2.24) is 0 Å². The number of aliphatic carboxylic acids is 1. The van der Waals surface area contributed by atoms with Gasteiger partial charge in [-0.2, -0.15) is 0 Å². The summed E-state index contributed by atoms with van der Waals surface area (Å²) in [5, 5.41) is 22.8. The first-order valence-corrected chi connectivity index (χ1v) is 13.0. The van der Waals surface area contributed by atoms with Crippen LogP contribution in [0.5, 0.6) is 11.5 Å². The molecule has 0 saturated carbocycles. The summed E-state index contributed by atoms with van der Waals surface area (Å²) in [4.78, 5) is 24.8. The molecule has 0 bridgehead atoms. The predicted octanol–water partition coefficient (Wildman–Crippen LogP) is 3.05. The van der Waals surface area contributed by atoms with Crippen molar-refractivity contribution in [3.05, 3.63) is 78.4 Å². The van der Waals surface area contributed by atoms with Gasteiger partial charge in [0.25, 0.3) is 5.91 Å². The van der Waals surface area contributed by atoms with Crippen molar-refractivity contribution in [1.29, 1.82) is 0 Å². The van der Waals surface area contributed by atoms with Gasteiger partial charge in [-0.1, -0.05) is 18.2 Å². The second-order valence-electron chi connectivity index (χ2n) is 7.74. The van der Waals surface area contributed by atoms with Crippen molar-refractivity contribution in [2.24, 2.45) is 0 Å². The third-order valence-electron chi connectivity index (χ3n) is 5.15. The van der Waals surface area contributed by atoms with E-state index < -0.39 is 33.1 Å². The highest BCUT2D eigenvalue weighted by Crippen LogP contribution is 2.33. The number of rotatable bonds is 9. The second-order valence-corrected chi connectivity index (χ2v) is 10.8. The summed E-state index contributed by atoms with van der Waals surface area (Å²) in [5.74, 6) is -2.42. The average Bonchev–Trinajstić information content (AvgIpc) is 3.31. The molecule has 0 fully saturated rings. The summed E-state index contributed by atoms with van der Waals surface area (Å²) in [7, 11) is -4.16. The SMILES string of the molecule is O=C(Nc1ccc(S(=O)(=O)CC(O)(CSc2ccccc2)C(=O)O)cc1)c1ccc2c(c1)OCO2. The number of benzene rings is 3. The minimum atomic E-state index is -4.16. The van der Waals surface area contributed by atoms with E-state index in [0.717, 1.165) is 11.8 Å². The number of sulfone groups is 1. The first kappa shape index (κ1) is 24.6. The Morgan fingerprint density at radius 1 is 0.971 bits per heavy atom. The molecule has 1 aliphatic rings. The van der Waals surface area contributed by atoms with Gasteiger partial charge in [-0.25, -0.2) is 13.2 Å². The van der Waals surface area contributed by atoms with Crippen LogP contribution in [0.1, 0.15) is 10.4 Å². The number of ether oxygens (including phenoxy) is 2. The second kappa shape index (κ2) is 9.98. The fraction of sp³-hybridized carbons (Fsp3) is 0.167. The van der Waals surface area contributed by atoms with Crippen LogP contribution in [0.3, 0.4) is 0 Å². The number of hydrogen-bond acceptors (Lipinski definition) is 8. The summed E-state index contributed by atoms with van der Waals surface area (Å²) in [6, 6.07) is 18.8. The molecule has 1 unspecified atom stereocenters. The number of aliphatic hydroxyl groups is 1. The topological polar surface area (TPSA) is 139 Å². The summed E-state index contributed by atoms with van der Waals surface area (Å²) in [6.07, 6.45) is 0. The number of carboxylic acid groups (broad SMARTS) is 1. The van der Waals surface area contributed by atoms with E-state index in [1.54, 1.807) is 42.5 Å². The molecule has 182 valence electrons. The molecule has 11 heteroatoms. The minimum absolute atomic E-state index is 0.0816. The first-order valence-electron chi connectivity index (χ1n) is 10.3. The first-order chi connectivity index (χ1) is 16.7. The number of thioether (sulfide) groups is 1. The zero-order valence-electron chi connectivity index (χ0n) is 18.2. The van der Waals surface area contributed by atoms with Crippen molar-refractivity contribution in [3.63, 3.8) is 0 Å². The third kappa shape index (κ3) is 5.76. The standard InChI is InChI=1S/C24H21NO8S2/c26-22(16-6-11-20-21(12-16)33-15-32-20)25-17-7-9-19(10-8-17)35(30,31)14-24(29,23(27)28)13-34-18-4-2-1-3-5-18/h1-12,29H,13-15H2,(H,25,26)(H,27,28). The van der Waals surface area contributed by atoms with Gasteiger partial charge in [0.1, 0.15) is 0 Å². The van der Waals surface area contributed by atoms with Crippen LogP contribution in [0.25, 0.3) is 0 Å². The Balaban J connectivity index is 1.44. The van der Waals surface area contributed by atoms with E-state index in [1.807, 2.05) is 0 Å². The lowest BCUT2D eigenvalue weighted by atomic mass is 10.1. The van der Waals surface area contributed by atoms with Gasteiger partial charge < -0.3 is 25.0 Å². The lowest BCUT2D eigenvalue weighted by molar-refractivity contribution is -0.153. The van der Waals surface area contributed by atoms with Gasteiger partial charge in [0, 0.05) is 21.9 Å². The maximum Gasteiger partial charge on any atom is 0.337 e. The van der Waals surface area contributed by atoms with E-state index in [4.69, 9.17) is 9.47 Å². The van der Waals surface area contributed by atoms with Crippen LogP contribution in [0.2, 0.25) is 0 Å². The predicted molar refractivity (Wildman–Crippen MR) is 129 cm³/mol. The van der Waals surface area contributed by atoms with Gasteiger partial charge in [0.15, 0.2) is 26.9 Å². The summed E-state index contributed by atoms with van der Waals surface area (Å²) in [6.45, 7) is 0.0816. The lowest BCUT2D eigenvalue weighted by Crippen LogP contribution is -2.47. The number of carbonyl (C=O) groups excluding carboxylic acids is 1. The molecule has 1 amide bonds. The molecular formula is C24H21NO8S2. The number of carbonyl (C=O) groups is 2. The Bertz CT molecular complexity index is 1340.